The Labute approximate surface area is 87.1 Å². The molecule has 0 radical (unpaired) electrons. The van der Waals surface area contributed by atoms with Crippen LogP contribution in [0.2, 0.25) is 0 Å². The summed E-state index contributed by atoms with van der Waals surface area (Å²) >= 11 is 0. The third-order valence-corrected chi connectivity index (χ3v) is 3.68. The van der Waals surface area contributed by atoms with Crippen LogP contribution in [0.1, 0.15) is 44.9 Å². The lowest BCUT2D eigenvalue weighted by molar-refractivity contribution is 0.108. The van der Waals surface area contributed by atoms with Crippen molar-refractivity contribution in [3.63, 3.8) is 0 Å². The fourth-order valence-corrected chi connectivity index (χ4v) is 2.37. The summed E-state index contributed by atoms with van der Waals surface area (Å²) in [6.45, 7) is 2.39. The van der Waals surface area contributed by atoms with Crippen LogP contribution in [0.5, 0.6) is 0 Å². The molecule has 2 nitrogen and oxygen atoms in total. The van der Waals surface area contributed by atoms with Gasteiger partial charge in [0.25, 0.3) is 0 Å². The van der Waals surface area contributed by atoms with Crippen LogP contribution in [-0.2, 0) is 0 Å². The Morgan fingerprint density at radius 1 is 0.929 bits per heavy atom. The Balaban J connectivity index is 1.47. The Morgan fingerprint density at radius 3 is 2.21 bits per heavy atom. The zero-order chi connectivity index (χ0) is 9.80. The number of hydrogen-bond acceptors (Lipinski definition) is 2. The van der Waals surface area contributed by atoms with Gasteiger partial charge < -0.3 is 10.4 Å². The van der Waals surface area contributed by atoms with Crippen LogP contribution < -0.4 is 5.32 Å². The smallest absolute Gasteiger partial charge is 0.0540 e. The standard InChI is InChI=1S/C12H23NO/c14-12-5-3-11(4-6-12)9-13-8-7-10-1-2-10/h10-14H,1-9H2. The molecule has 0 bridgehead atoms. The maximum atomic E-state index is 9.36. The Kier molecular flexibility index (Phi) is 3.82. The molecule has 0 saturated heterocycles. The van der Waals surface area contributed by atoms with Crippen molar-refractivity contribution in [1.29, 1.82) is 0 Å². The molecular weight excluding hydrogens is 174 g/mol. The second-order valence-corrected chi connectivity index (χ2v) is 5.11. The Hall–Kier alpha value is -0.0800. The molecule has 0 aromatic carbocycles. The summed E-state index contributed by atoms with van der Waals surface area (Å²) in [5.74, 6) is 1.88. The van der Waals surface area contributed by atoms with Crippen molar-refractivity contribution >= 4 is 0 Å². The van der Waals surface area contributed by atoms with Gasteiger partial charge in [0.1, 0.15) is 0 Å². The lowest BCUT2D eigenvalue weighted by Crippen LogP contribution is -2.28. The normalized spacial score (nSPS) is 33.2. The van der Waals surface area contributed by atoms with E-state index in [1.54, 1.807) is 0 Å². The monoisotopic (exact) mass is 197 g/mol. The van der Waals surface area contributed by atoms with Crippen LogP contribution in [-0.4, -0.2) is 24.3 Å². The van der Waals surface area contributed by atoms with Crippen molar-refractivity contribution in [1.82, 2.24) is 5.32 Å². The molecule has 2 aliphatic rings. The Bertz CT molecular complexity index is 160. The maximum Gasteiger partial charge on any atom is 0.0540 e. The molecule has 2 heteroatoms. The van der Waals surface area contributed by atoms with Gasteiger partial charge in [-0.3, -0.25) is 0 Å². The molecule has 0 aromatic heterocycles. The van der Waals surface area contributed by atoms with Gasteiger partial charge in [-0.2, -0.15) is 0 Å². The highest BCUT2D eigenvalue weighted by molar-refractivity contribution is 4.76. The van der Waals surface area contributed by atoms with Gasteiger partial charge in [-0.1, -0.05) is 12.8 Å². The van der Waals surface area contributed by atoms with E-state index in [4.69, 9.17) is 0 Å². The minimum absolute atomic E-state index is 0.00212. The lowest BCUT2D eigenvalue weighted by atomic mass is 9.87. The van der Waals surface area contributed by atoms with Gasteiger partial charge in [0.15, 0.2) is 0 Å². The summed E-state index contributed by atoms with van der Waals surface area (Å²) in [6, 6.07) is 0. The fraction of sp³-hybridized carbons (Fsp3) is 1.00. The summed E-state index contributed by atoms with van der Waals surface area (Å²) < 4.78 is 0. The van der Waals surface area contributed by atoms with Crippen LogP contribution in [0, 0.1) is 11.8 Å². The number of nitrogens with one attached hydrogen (secondary N) is 1. The van der Waals surface area contributed by atoms with Gasteiger partial charge in [-0.25, -0.2) is 0 Å². The average Bonchev–Trinajstić information content (AvgIpc) is 2.99. The third-order valence-electron chi connectivity index (χ3n) is 3.68. The lowest BCUT2D eigenvalue weighted by Gasteiger charge is -2.25. The maximum absolute atomic E-state index is 9.36. The summed E-state index contributed by atoms with van der Waals surface area (Å²) in [6.07, 6.45) is 8.81. The molecular formula is C12H23NO. The van der Waals surface area contributed by atoms with E-state index in [9.17, 15) is 5.11 Å². The van der Waals surface area contributed by atoms with Crippen molar-refractivity contribution in [2.45, 2.75) is 51.0 Å². The van der Waals surface area contributed by atoms with E-state index >= 15 is 0 Å². The number of rotatable bonds is 5. The SMILES string of the molecule is OC1CCC(CNCCC2CC2)CC1. The summed E-state index contributed by atoms with van der Waals surface area (Å²) in [5.41, 5.74) is 0. The molecule has 2 N–H and O–H groups in total. The first-order chi connectivity index (χ1) is 6.84. The molecule has 2 saturated carbocycles. The minimum Gasteiger partial charge on any atom is -0.393 e. The zero-order valence-electron chi connectivity index (χ0n) is 9.04. The number of hydrogen-bond donors (Lipinski definition) is 2. The highest BCUT2D eigenvalue weighted by Crippen LogP contribution is 2.31. The molecule has 82 valence electrons. The predicted molar refractivity (Wildman–Crippen MR) is 58.2 cm³/mol. The van der Waals surface area contributed by atoms with Crippen molar-refractivity contribution in [3.05, 3.63) is 0 Å². The number of aliphatic hydroxyl groups is 1. The highest BCUT2D eigenvalue weighted by Gasteiger charge is 2.21. The zero-order valence-corrected chi connectivity index (χ0v) is 9.04. The average molecular weight is 197 g/mol. The van der Waals surface area contributed by atoms with Crippen LogP contribution in [0.25, 0.3) is 0 Å². The molecule has 0 amide bonds. The first-order valence-corrected chi connectivity index (χ1v) is 6.23. The first kappa shape index (κ1) is 10.4. The quantitative estimate of drug-likeness (QED) is 0.660. The summed E-state index contributed by atoms with van der Waals surface area (Å²) in [5, 5.41) is 12.9. The van der Waals surface area contributed by atoms with E-state index < -0.39 is 0 Å². The van der Waals surface area contributed by atoms with Gasteiger partial charge in [0, 0.05) is 0 Å². The Morgan fingerprint density at radius 2 is 1.57 bits per heavy atom. The molecule has 0 heterocycles. The van der Waals surface area contributed by atoms with Gasteiger partial charge in [-0.05, 0) is 57.0 Å². The molecule has 0 aliphatic heterocycles. The van der Waals surface area contributed by atoms with Crippen LogP contribution in [0.4, 0.5) is 0 Å². The molecule has 2 fully saturated rings. The van der Waals surface area contributed by atoms with Crippen molar-refractivity contribution in [2.24, 2.45) is 11.8 Å². The van der Waals surface area contributed by atoms with E-state index in [0.29, 0.717) is 0 Å². The molecule has 0 unspecified atom stereocenters. The van der Waals surface area contributed by atoms with E-state index in [1.165, 1.54) is 45.2 Å². The minimum atomic E-state index is -0.00212. The van der Waals surface area contributed by atoms with Crippen molar-refractivity contribution < 1.29 is 5.11 Å². The number of aliphatic hydroxyl groups excluding tert-OH is 1. The molecule has 2 aliphatic carbocycles. The van der Waals surface area contributed by atoms with E-state index in [-0.39, 0.29) is 6.10 Å². The van der Waals surface area contributed by atoms with Crippen LogP contribution in [0.3, 0.4) is 0 Å². The van der Waals surface area contributed by atoms with Gasteiger partial charge in [0.2, 0.25) is 0 Å². The third kappa shape index (κ3) is 3.58. The van der Waals surface area contributed by atoms with Gasteiger partial charge >= 0.3 is 0 Å². The largest absolute Gasteiger partial charge is 0.393 e. The van der Waals surface area contributed by atoms with E-state index in [0.717, 1.165) is 24.7 Å². The van der Waals surface area contributed by atoms with Crippen LogP contribution >= 0.6 is 0 Å². The molecule has 0 aromatic rings. The van der Waals surface area contributed by atoms with Crippen molar-refractivity contribution in [3.8, 4) is 0 Å². The highest BCUT2D eigenvalue weighted by atomic mass is 16.3. The molecule has 2 rings (SSSR count). The summed E-state index contributed by atoms with van der Waals surface area (Å²) in [4.78, 5) is 0. The van der Waals surface area contributed by atoms with E-state index in [2.05, 4.69) is 5.32 Å². The fourth-order valence-electron chi connectivity index (χ4n) is 2.37. The van der Waals surface area contributed by atoms with Crippen LogP contribution in [0.15, 0.2) is 0 Å². The second-order valence-electron chi connectivity index (χ2n) is 5.11. The van der Waals surface area contributed by atoms with E-state index in [1.807, 2.05) is 0 Å². The topological polar surface area (TPSA) is 32.3 Å². The molecule has 14 heavy (non-hydrogen) atoms. The molecule has 0 spiro atoms. The first-order valence-electron chi connectivity index (χ1n) is 6.23. The predicted octanol–water partition coefficient (Wildman–Crippen LogP) is 1.93. The summed E-state index contributed by atoms with van der Waals surface area (Å²) in [7, 11) is 0. The van der Waals surface area contributed by atoms with Gasteiger partial charge in [-0.15, -0.1) is 0 Å². The second kappa shape index (κ2) is 5.13. The van der Waals surface area contributed by atoms with Gasteiger partial charge in [0.05, 0.1) is 6.10 Å². The van der Waals surface area contributed by atoms with Crippen molar-refractivity contribution in [2.75, 3.05) is 13.1 Å². The molecule has 0 atom stereocenters.